The number of fused-ring (bicyclic) bond motifs is 1. The number of amides is 1. The molecule has 2 N–H and O–H groups in total. The lowest BCUT2D eigenvalue weighted by molar-refractivity contribution is 0.0977. The highest BCUT2D eigenvalue weighted by atomic mass is 35.5. The van der Waals surface area contributed by atoms with Gasteiger partial charge in [0.15, 0.2) is 0 Å². The molecule has 1 amide bonds. The number of hydrogen-bond acceptors (Lipinski definition) is 4. The van der Waals surface area contributed by atoms with Crippen LogP contribution in [0.15, 0.2) is 53.5 Å². The smallest absolute Gasteiger partial charge is 0.256 e. The van der Waals surface area contributed by atoms with Gasteiger partial charge in [-0.15, -0.1) is 0 Å². The van der Waals surface area contributed by atoms with Gasteiger partial charge in [-0.25, -0.2) is 4.98 Å². The quantitative estimate of drug-likeness (QED) is 0.731. The van der Waals surface area contributed by atoms with Crippen molar-refractivity contribution in [2.24, 2.45) is 4.99 Å². The molecule has 0 unspecified atom stereocenters. The van der Waals surface area contributed by atoms with Crippen LogP contribution in [0.1, 0.15) is 16.2 Å². The maximum absolute atomic E-state index is 12.5. The Kier molecular flexibility index (Phi) is 4.41. The van der Waals surface area contributed by atoms with E-state index in [1.807, 2.05) is 55.4 Å². The molecule has 1 aliphatic heterocycles. The molecule has 0 saturated heterocycles. The number of para-hydroxylation sites is 2. The summed E-state index contributed by atoms with van der Waals surface area (Å²) in [5.41, 5.74) is 4.16. The number of anilines is 1. The first kappa shape index (κ1) is 17.3. The van der Waals surface area contributed by atoms with E-state index < -0.39 is 0 Å². The number of aromatic nitrogens is 2. The van der Waals surface area contributed by atoms with Crippen LogP contribution < -0.4 is 10.2 Å². The number of aromatic amines is 1. The summed E-state index contributed by atoms with van der Waals surface area (Å²) in [7, 11) is 3.80. The molecule has 27 heavy (non-hydrogen) atoms. The van der Waals surface area contributed by atoms with E-state index in [2.05, 4.69) is 20.3 Å². The highest BCUT2D eigenvalue weighted by molar-refractivity contribution is 6.33. The number of hydrogen-bond donors (Lipinski definition) is 2. The van der Waals surface area contributed by atoms with Crippen molar-refractivity contribution in [1.29, 1.82) is 0 Å². The van der Waals surface area contributed by atoms with Gasteiger partial charge in [-0.3, -0.25) is 9.79 Å². The third-order valence-corrected chi connectivity index (χ3v) is 4.66. The van der Waals surface area contributed by atoms with Gasteiger partial charge < -0.3 is 15.2 Å². The fraction of sp³-hybridized carbons (Fsp3) is 0.150. The lowest BCUT2D eigenvalue weighted by Crippen LogP contribution is -2.28. The number of rotatable bonds is 3. The predicted molar refractivity (Wildman–Crippen MR) is 110 cm³/mol. The van der Waals surface area contributed by atoms with Gasteiger partial charge in [-0.2, -0.15) is 0 Å². The van der Waals surface area contributed by atoms with Crippen LogP contribution in [-0.4, -0.2) is 42.4 Å². The number of carbonyl (C=O) groups is 1. The molecule has 136 valence electrons. The van der Waals surface area contributed by atoms with Gasteiger partial charge in [0.25, 0.3) is 5.91 Å². The second-order valence-corrected chi connectivity index (χ2v) is 6.90. The van der Waals surface area contributed by atoms with Crippen LogP contribution in [0, 0.1) is 0 Å². The zero-order valence-electron chi connectivity index (χ0n) is 15.0. The van der Waals surface area contributed by atoms with E-state index in [0.29, 0.717) is 23.0 Å². The van der Waals surface area contributed by atoms with Gasteiger partial charge in [0, 0.05) is 25.2 Å². The monoisotopic (exact) mass is 379 g/mol. The van der Waals surface area contributed by atoms with Gasteiger partial charge in [-0.05, 0) is 36.4 Å². The molecule has 0 fully saturated rings. The molecule has 2 heterocycles. The van der Waals surface area contributed by atoms with Crippen molar-refractivity contribution in [3.63, 3.8) is 0 Å². The third kappa shape index (κ3) is 3.44. The molecule has 3 aromatic rings. The minimum atomic E-state index is -0.247. The Labute approximate surface area is 161 Å². The minimum absolute atomic E-state index is 0.247. The summed E-state index contributed by atoms with van der Waals surface area (Å²) in [5, 5.41) is 3.35. The van der Waals surface area contributed by atoms with E-state index >= 15 is 0 Å². The Morgan fingerprint density at radius 1 is 1.22 bits per heavy atom. The Morgan fingerprint density at radius 3 is 2.78 bits per heavy atom. The van der Waals surface area contributed by atoms with Crippen molar-refractivity contribution in [3.8, 4) is 0 Å². The van der Waals surface area contributed by atoms with E-state index in [0.717, 1.165) is 28.1 Å². The molecule has 0 radical (unpaired) electrons. The maximum Gasteiger partial charge on any atom is 0.256 e. The van der Waals surface area contributed by atoms with Crippen LogP contribution in [0.4, 0.5) is 5.69 Å². The zero-order chi connectivity index (χ0) is 19.0. The molecule has 1 aromatic heterocycles. The normalized spacial score (nSPS) is 13.4. The number of amidine groups is 1. The summed E-state index contributed by atoms with van der Waals surface area (Å²) in [5.74, 6) is 1.04. The molecule has 6 nitrogen and oxygen atoms in total. The number of H-pyrrole nitrogens is 1. The van der Waals surface area contributed by atoms with Gasteiger partial charge in [-0.1, -0.05) is 23.7 Å². The first-order chi connectivity index (χ1) is 13.0. The molecule has 2 aromatic carbocycles. The van der Waals surface area contributed by atoms with Crippen LogP contribution in [-0.2, 0) is 0 Å². The fourth-order valence-corrected chi connectivity index (χ4v) is 3.30. The molecule has 0 spiro atoms. The molecule has 0 atom stereocenters. The highest BCUT2D eigenvalue weighted by Gasteiger charge is 2.17. The van der Waals surface area contributed by atoms with Gasteiger partial charge in [0.2, 0.25) is 0 Å². The van der Waals surface area contributed by atoms with Gasteiger partial charge in [0.05, 0.1) is 28.3 Å². The van der Waals surface area contributed by atoms with E-state index in [-0.39, 0.29) is 5.91 Å². The largest absolute Gasteiger partial charge is 0.376 e. The molecular weight excluding hydrogens is 362 g/mol. The molecule has 4 rings (SSSR count). The molecule has 0 saturated carbocycles. The summed E-state index contributed by atoms with van der Waals surface area (Å²) in [6, 6.07) is 13.1. The number of benzene rings is 2. The van der Waals surface area contributed by atoms with Crippen molar-refractivity contribution in [2.45, 2.75) is 0 Å². The molecular formula is C20H18ClN5O. The Balaban J connectivity index is 1.50. The van der Waals surface area contributed by atoms with E-state index in [1.165, 1.54) is 0 Å². The number of nitrogens with one attached hydrogen (secondary N) is 2. The van der Waals surface area contributed by atoms with Gasteiger partial charge >= 0.3 is 0 Å². The molecule has 7 heteroatoms. The number of imidazole rings is 1. The number of carbonyl (C=O) groups excluding carboxylic acids is 1. The van der Waals surface area contributed by atoms with Crippen LogP contribution in [0.5, 0.6) is 0 Å². The maximum atomic E-state index is 12.5. The topological polar surface area (TPSA) is 73.4 Å². The van der Waals surface area contributed by atoms with Crippen molar-refractivity contribution in [1.82, 2.24) is 15.3 Å². The average molecular weight is 380 g/mol. The second kappa shape index (κ2) is 6.89. The highest BCUT2D eigenvalue weighted by Crippen LogP contribution is 2.25. The van der Waals surface area contributed by atoms with Crippen LogP contribution in [0.3, 0.4) is 0 Å². The van der Waals surface area contributed by atoms with E-state index in [4.69, 9.17) is 11.6 Å². The van der Waals surface area contributed by atoms with Crippen molar-refractivity contribution in [3.05, 3.63) is 65.0 Å². The SMILES string of the molecule is CN(C)c1ccc(C(=O)NC2=NCC(c3nc4ccccc4[nH]3)=C2)cc1Cl. The van der Waals surface area contributed by atoms with Crippen LogP contribution >= 0.6 is 11.6 Å². The summed E-state index contributed by atoms with van der Waals surface area (Å²) >= 11 is 6.25. The Hall–Kier alpha value is -3.12. The lowest BCUT2D eigenvalue weighted by atomic mass is 10.2. The number of aliphatic imine (C=N–C) groups is 1. The summed E-state index contributed by atoms with van der Waals surface area (Å²) in [6.45, 7) is 0.468. The van der Waals surface area contributed by atoms with Crippen molar-refractivity contribution in [2.75, 3.05) is 25.5 Å². The van der Waals surface area contributed by atoms with Crippen molar-refractivity contribution < 1.29 is 4.79 Å². The van der Waals surface area contributed by atoms with E-state index in [1.54, 1.807) is 12.1 Å². The summed E-state index contributed by atoms with van der Waals surface area (Å²) in [4.78, 5) is 26.6. The molecule has 0 aliphatic carbocycles. The number of nitrogens with zero attached hydrogens (tertiary/aromatic N) is 3. The van der Waals surface area contributed by atoms with Crippen LogP contribution in [0.25, 0.3) is 16.6 Å². The van der Waals surface area contributed by atoms with Crippen LogP contribution in [0.2, 0.25) is 5.02 Å². The second-order valence-electron chi connectivity index (χ2n) is 6.49. The lowest BCUT2D eigenvalue weighted by Gasteiger charge is -2.15. The van der Waals surface area contributed by atoms with E-state index in [9.17, 15) is 4.79 Å². The zero-order valence-corrected chi connectivity index (χ0v) is 15.7. The van der Waals surface area contributed by atoms with Crippen molar-refractivity contribution >= 4 is 45.6 Å². The third-order valence-electron chi connectivity index (χ3n) is 4.36. The number of halogens is 1. The standard InChI is InChI=1S/C20H18ClN5O/c1-26(2)17-8-7-12(9-14(17)21)20(27)25-18-10-13(11-22-18)19-23-15-5-3-4-6-16(15)24-19/h3-10H,11H2,1-2H3,(H,23,24)(H,22,25,27). The summed E-state index contributed by atoms with van der Waals surface area (Å²) < 4.78 is 0. The predicted octanol–water partition coefficient (Wildman–Crippen LogP) is 3.51. The molecule has 1 aliphatic rings. The average Bonchev–Trinajstić information content (AvgIpc) is 3.27. The van der Waals surface area contributed by atoms with Gasteiger partial charge in [0.1, 0.15) is 11.7 Å². The summed E-state index contributed by atoms with van der Waals surface area (Å²) in [6.07, 6.45) is 1.84. The first-order valence-corrected chi connectivity index (χ1v) is 8.87. The Morgan fingerprint density at radius 2 is 2.04 bits per heavy atom. The minimum Gasteiger partial charge on any atom is -0.376 e. The Bertz CT molecular complexity index is 1060. The fourth-order valence-electron chi connectivity index (χ4n) is 2.95. The first-order valence-electron chi connectivity index (χ1n) is 8.49. The molecule has 0 bridgehead atoms.